The lowest BCUT2D eigenvalue weighted by molar-refractivity contribution is -0.145. The summed E-state index contributed by atoms with van der Waals surface area (Å²) in [5, 5.41) is 0. The van der Waals surface area contributed by atoms with Gasteiger partial charge < -0.3 is 4.74 Å². The molecule has 12 heavy (non-hydrogen) atoms. The number of hydrogen-bond donors (Lipinski definition) is 0. The topological polar surface area (TPSA) is 26.3 Å². The summed E-state index contributed by atoms with van der Waals surface area (Å²) in [6, 6.07) is 0. The summed E-state index contributed by atoms with van der Waals surface area (Å²) >= 11 is 3.74. The first-order valence-corrected chi connectivity index (χ1v) is 6.23. The van der Waals surface area contributed by atoms with Gasteiger partial charge in [0.25, 0.3) is 0 Å². The Kier molecular flexibility index (Phi) is 5.56. The van der Waals surface area contributed by atoms with E-state index < -0.39 is 4.75 Å². The Morgan fingerprint density at radius 1 is 1.67 bits per heavy atom. The standard InChI is InChI=1S/C8H15IO2S/c1-6(9)5-11-7(10)8(2,3)12-4/h6H,5H2,1-4H3. The maximum Gasteiger partial charge on any atom is 0.321 e. The predicted octanol–water partition coefficient (Wildman–Crippen LogP) is 2.49. The first-order chi connectivity index (χ1) is 5.40. The van der Waals surface area contributed by atoms with Crippen LogP contribution in [0.1, 0.15) is 20.8 Å². The Labute approximate surface area is 92.0 Å². The molecule has 0 saturated carbocycles. The molecule has 0 radical (unpaired) electrons. The minimum atomic E-state index is -0.411. The predicted molar refractivity (Wildman–Crippen MR) is 62.0 cm³/mol. The molecule has 0 aliphatic rings. The normalized spacial score (nSPS) is 14.1. The minimum absolute atomic E-state index is 0.126. The van der Waals surface area contributed by atoms with Gasteiger partial charge >= 0.3 is 5.97 Å². The molecule has 0 aromatic heterocycles. The quantitative estimate of drug-likeness (QED) is 0.453. The van der Waals surface area contributed by atoms with Crippen LogP contribution >= 0.6 is 34.4 Å². The summed E-state index contributed by atoms with van der Waals surface area (Å²) in [6.07, 6.45) is 1.91. The highest BCUT2D eigenvalue weighted by molar-refractivity contribution is 14.1. The Morgan fingerprint density at radius 3 is 2.50 bits per heavy atom. The van der Waals surface area contributed by atoms with Gasteiger partial charge in [0.1, 0.15) is 11.4 Å². The molecular weight excluding hydrogens is 287 g/mol. The van der Waals surface area contributed by atoms with Gasteiger partial charge in [-0.2, -0.15) is 0 Å². The average molecular weight is 302 g/mol. The number of hydrogen-bond acceptors (Lipinski definition) is 3. The summed E-state index contributed by atoms with van der Waals surface area (Å²) in [6.45, 7) is 6.26. The van der Waals surface area contributed by atoms with E-state index in [4.69, 9.17) is 4.74 Å². The Hall–Kier alpha value is 0.550. The van der Waals surface area contributed by atoms with Gasteiger partial charge in [-0.1, -0.05) is 29.5 Å². The molecule has 0 aromatic rings. The molecule has 0 bridgehead atoms. The van der Waals surface area contributed by atoms with Crippen LogP contribution in [-0.2, 0) is 9.53 Å². The molecule has 1 unspecified atom stereocenters. The third-order valence-electron chi connectivity index (χ3n) is 1.45. The number of rotatable bonds is 4. The van der Waals surface area contributed by atoms with Crippen LogP contribution in [0.4, 0.5) is 0 Å². The van der Waals surface area contributed by atoms with Crippen LogP contribution < -0.4 is 0 Å². The SMILES string of the molecule is CSC(C)(C)C(=O)OCC(C)I. The lowest BCUT2D eigenvalue weighted by Gasteiger charge is -2.20. The minimum Gasteiger partial charge on any atom is -0.464 e. The van der Waals surface area contributed by atoms with E-state index in [2.05, 4.69) is 22.6 Å². The zero-order chi connectivity index (χ0) is 9.78. The van der Waals surface area contributed by atoms with Crippen LogP contribution in [0.25, 0.3) is 0 Å². The molecule has 0 spiro atoms. The molecule has 0 saturated heterocycles. The maximum absolute atomic E-state index is 11.4. The van der Waals surface area contributed by atoms with Gasteiger partial charge in [0, 0.05) is 3.92 Å². The number of carbonyl (C=O) groups is 1. The monoisotopic (exact) mass is 302 g/mol. The number of alkyl halides is 1. The summed E-state index contributed by atoms with van der Waals surface area (Å²) < 4.78 is 5.06. The average Bonchev–Trinajstić information content (AvgIpc) is 2.00. The van der Waals surface area contributed by atoms with E-state index in [-0.39, 0.29) is 5.97 Å². The van der Waals surface area contributed by atoms with E-state index in [9.17, 15) is 4.79 Å². The first kappa shape index (κ1) is 12.6. The maximum atomic E-state index is 11.4. The molecule has 0 aliphatic carbocycles. The molecule has 1 atom stereocenters. The van der Waals surface area contributed by atoms with Gasteiger partial charge in [0.05, 0.1) is 0 Å². The molecule has 4 heteroatoms. The van der Waals surface area contributed by atoms with E-state index in [1.165, 1.54) is 11.8 Å². The van der Waals surface area contributed by atoms with Crippen molar-refractivity contribution < 1.29 is 9.53 Å². The fraction of sp³-hybridized carbons (Fsp3) is 0.875. The lowest BCUT2D eigenvalue weighted by atomic mass is 10.2. The van der Waals surface area contributed by atoms with E-state index in [1.807, 2.05) is 27.0 Å². The van der Waals surface area contributed by atoms with Crippen molar-refractivity contribution in [2.75, 3.05) is 12.9 Å². The van der Waals surface area contributed by atoms with Gasteiger partial charge in [0.15, 0.2) is 0 Å². The zero-order valence-corrected chi connectivity index (χ0v) is 10.9. The third-order valence-corrected chi connectivity index (χ3v) is 2.99. The Morgan fingerprint density at radius 2 is 2.17 bits per heavy atom. The molecular formula is C8H15IO2S. The second-order valence-corrected chi connectivity index (χ2v) is 6.65. The highest BCUT2D eigenvalue weighted by Crippen LogP contribution is 2.22. The van der Waals surface area contributed by atoms with Crippen molar-refractivity contribution in [3.8, 4) is 0 Å². The summed E-state index contributed by atoms with van der Waals surface area (Å²) in [5.74, 6) is -0.126. The van der Waals surface area contributed by atoms with Gasteiger partial charge in [-0.25, -0.2) is 0 Å². The van der Waals surface area contributed by atoms with Gasteiger partial charge in [-0.3, -0.25) is 4.79 Å². The number of halogens is 1. The Bertz CT molecular complexity index is 157. The van der Waals surface area contributed by atoms with Gasteiger partial charge in [0.2, 0.25) is 0 Å². The zero-order valence-electron chi connectivity index (χ0n) is 7.89. The molecule has 0 rings (SSSR count). The third kappa shape index (κ3) is 4.54. The van der Waals surface area contributed by atoms with Crippen LogP contribution in [0.5, 0.6) is 0 Å². The largest absolute Gasteiger partial charge is 0.464 e. The van der Waals surface area contributed by atoms with Crippen molar-refractivity contribution in [2.24, 2.45) is 0 Å². The molecule has 0 fully saturated rings. The number of esters is 1. The van der Waals surface area contributed by atoms with Crippen molar-refractivity contribution in [3.05, 3.63) is 0 Å². The Balaban J connectivity index is 3.88. The fourth-order valence-electron chi connectivity index (χ4n) is 0.448. The van der Waals surface area contributed by atoms with Gasteiger partial charge in [-0.05, 0) is 20.1 Å². The van der Waals surface area contributed by atoms with Crippen molar-refractivity contribution in [1.82, 2.24) is 0 Å². The summed E-state index contributed by atoms with van der Waals surface area (Å²) in [7, 11) is 0. The van der Waals surface area contributed by atoms with Crippen LogP contribution in [0, 0.1) is 0 Å². The van der Waals surface area contributed by atoms with E-state index in [1.54, 1.807) is 0 Å². The second kappa shape index (κ2) is 5.32. The highest BCUT2D eigenvalue weighted by atomic mass is 127. The van der Waals surface area contributed by atoms with Crippen LogP contribution in [0.2, 0.25) is 0 Å². The molecule has 2 nitrogen and oxygen atoms in total. The lowest BCUT2D eigenvalue weighted by Crippen LogP contribution is -2.30. The van der Waals surface area contributed by atoms with Gasteiger partial charge in [-0.15, -0.1) is 11.8 Å². The summed E-state index contributed by atoms with van der Waals surface area (Å²) in [4.78, 5) is 11.4. The van der Waals surface area contributed by atoms with Crippen LogP contribution in [0.3, 0.4) is 0 Å². The van der Waals surface area contributed by atoms with Crippen molar-refractivity contribution in [1.29, 1.82) is 0 Å². The van der Waals surface area contributed by atoms with Crippen LogP contribution in [-0.4, -0.2) is 27.5 Å². The first-order valence-electron chi connectivity index (χ1n) is 3.76. The van der Waals surface area contributed by atoms with E-state index >= 15 is 0 Å². The molecule has 0 heterocycles. The second-order valence-electron chi connectivity index (χ2n) is 3.09. The van der Waals surface area contributed by atoms with E-state index in [0.717, 1.165) is 0 Å². The fourth-order valence-corrected chi connectivity index (χ4v) is 0.853. The molecule has 0 aromatic carbocycles. The van der Waals surface area contributed by atoms with Crippen molar-refractivity contribution in [3.63, 3.8) is 0 Å². The molecule has 0 N–H and O–H groups in total. The molecule has 0 aliphatic heterocycles. The van der Waals surface area contributed by atoms with Crippen LogP contribution in [0.15, 0.2) is 0 Å². The highest BCUT2D eigenvalue weighted by Gasteiger charge is 2.28. The molecule has 0 amide bonds. The molecule has 72 valence electrons. The van der Waals surface area contributed by atoms with E-state index in [0.29, 0.717) is 10.5 Å². The number of thioether (sulfide) groups is 1. The number of ether oxygens (including phenoxy) is 1. The smallest absolute Gasteiger partial charge is 0.321 e. The number of carbonyl (C=O) groups excluding carboxylic acids is 1. The van der Waals surface area contributed by atoms with Crippen molar-refractivity contribution in [2.45, 2.75) is 29.4 Å². The van der Waals surface area contributed by atoms with Crippen molar-refractivity contribution >= 4 is 40.3 Å². The summed E-state index contributed by atoms with van der Waals surface area (Å²) in [5.41, 5.74) is 0.